The Hall–Kier alpha value is -1.44. The zero-order chi connectivity index (χ0) is 19.3. The van der Waals surface area contributed by atoms with Gasteiger partial charge in [-0.15, -0.1) is 0 Å². The van der Waals surface area contributed by atoms with Crippen LogP contribution >= 0.6 is 0 Å². The Morgan fingerprint density at radius 3 is 2.52 bits per heavy atom. The van der Waals surface area contributed by atoms with E-state index in [1.807, 2.05) is 12.1 Å². The van der Waals surface area contributed by atoms with Gasteiger partial charge in [0.25, 0.3) is 0 Å². The molecular formula is C20H31N3O3S. The standard InChI is InChI=1S/C20H31N3O3S/c21-11-3-4-12-22-20(24)17-9-13-23(14-10-17)27(25,26)19-8-7-16-5-1-2-6-18(16)15-19/h7-8,15,17H,1-6,9-14,21H2,(H,22,24). The average Bonchev–Trinajstić information content (AvgIpc) is 2.70. The lowest BCUT2D eigenvalue weighted by molar-refractivity contribution is -0.126. The number of piperidine rings is 1. The van der Waals surface area contributed by atoms with Crippen LogP contribution < -0.4 is 11.1 Å². The molecule has 0 aromatic heterocycles. The van der Waals surface area contributed by atoms with Crippen molar-refractivity contribution in [2.45, 2.75) is 56.3 Å². The molecule has 3 N–H and O–H groups in total. The maximum absolute atomic E-state index is 13.0. The molecule has 0 spiro atoms. The van der Waals surface area contributed by atoms with Crippen LogP contribution in [0.3, 0.4) is 0 Å². The molecule has 150 valence electrons. The van der Waals surface area contributed by atoms with Crippen molar-refractivity contribution in [3.63, 3.8) is 0 Å². The van der Waals surface area contributed by atoms with E-state index >= 15 is 0 Å². The summed E-state index contributed by atoms with van der Waals surface area (Å²) in [6, 6.07) is 5.58. The van der Waals surface area contributed by atoms with Crippen LogP contribution in [0, 0.1) is 5.92 Å². The van der Waals surface area contributed by atoms with E-state index in [1.165, 1.54) is 21.9 Å². The lowest BCUT2D eigenvalue weighted by Gasteiger charge is -2.31. The summed E-state index contributed by atoms with van der Waals surface area (Å²) >= 11 is 0. The van der Waals surface area contributed by atoms with E-state index in [-0.39, 0.29) is 11.8 Å². The molecule has 0 bridgehead atoms. The Bertz CT molecular complexity index is 756. The molecule has 6 nitrogen and oxygen atoms in total. The maximum Gasteiger partial charge on any atom is 0.243 e. The van der Waals surface area contributed by atoms with E-state index in [0.29, 0.717) is 43.9 Å². The smallest absolute Gasteiger partial charge is 0.243 e. The van der Waals surface area contributed by atoms with Gasteiger partial charge in [0.05, 0.1) is 4.90 Å². The molecule has 0 atom stereocenters. The van der Waals surface area contributed by atoms with Crippen LogP contribution in [0.25, 0.3) is 0 Å². The minimum Gasteiger partial charge on any atom is -0.356 e. The summed E-state index contributed by atoms with van der Waals surface area (Å²) < 4.78 is 27.6. The zero-order valence-electron chi connectivity index (χ0n) is 16.0. The van der Waals surface area contributed by atoms with Crippen LogP contribution in [-0.4, -0.2) is 44.8 Å². The van der Waals surface area contributed by atoms with Gasteiger partial charge in [-0.05, 0) is 81.2 Å². The number of carbonyl (C=O) groups is 1. The molecular weight excluding hydrogens is 362 g/mol. The molecule has 1 aliphatic heterocycles. The molecule has 1 amide bonds. The van der Waals surface area contributed by atoms with Crippen LogP contribution in [-0.2, 0) is 27.7 Å². The van der Waals surface area contributed by atoms with E-state index in [4.69, 9.17) is 5.73 Å². The number of nitrogens with two attached hydrogens (primary N) is 1. The maximum atomic E-state index is 13.0. The van der Waals surface area contributed by atoms with Crippen LogP contribution in [0.4, 0.5) is 0 Å². The molecule has 1 aromatic carbocycles. The highest BCUT2D eigenvalue weighted by atomic mass is 32.2. The highest BCUT2D eigenvalue weighted by Crippen LogP contribution is 2.28. The first kappa shape index (κ1) is 20.3. The second-order valence-electron chi connectivity index (χ2n) is 7.60. The number of nitrogens with one attached hydrogen (secondary N) is 1. The number of aryl methyl sites for hydroxylation is 2. The molecule has 7 heteroatoms. The second-order valence-corrected chi connectivity index (χ2v) is 9.54. The van der Waals surface area contributed by atoms with Crippen LogP contribution in [0.5, 0.6) is 0 Å². The monoisotopic (exact) mass is 393 g/mol. The number of carbonyl (C=O) groups excluding carboxylic acids is 1. The van der Waals surface area contributed by atoms with Gasteiger partial charge in [-0.25, -0.2) is 8.42 Å². The fraction of sp³-hybridized carbons (Fsp3) is 0.650. The molecule has 2 aliphatic rings. The predicted octanol–water partition coefficient (Wildman–Crippen LogP) is 1.82. The Morgan fingerprint density at radius 1 is 1.11 bits per heavy atom. The van der Waals surface area contributed by atoms with Crippen molar-refractivity contribution in [1.29, 1.82) is 0 Å². The fourth-order valence-electron chi connectivity index (χ4n) is 4.00. The van der Waals surface area contributed by atoms with Gasteiger partial charge in [0.15, 0.2) is 0 Å². The van der Waals surface area contributed by atoms with Gasteiger partial charge < -0.3 is 11.1 Å². The van der Waals surface area contributed by atoms with Gasteiger partial charge >= 0.3 is 0 Å². The Balaban J connectivity index is 1.57. The molecule has 3 rings (SSSR count). The lowest BCUT2D eigenvalue weighted by Crippen LogP contribution is -2.43. The number of unbranched alkanes of at least 4 members (excludes halogenated alkanes) is 1. The van der Waals surface area contributed by atoms with Crippen molar-refractivity contribution in [2.24, 2.45) is 11.7 Å². The number of hydrogen-bond donors (Lipinski definition) is 2. The van der Waals surface area contributed by atoms with Crippen molar-refractivity contribution in [1.82, 2.24) is 9.62 Å². The molecule has 1 saturated heterocycles. The molecule has 0 unspecified atom stereocenters. The number of amides is 1. The Labute approximate surface area is 162 Å². The summed E-state index contributed by atoms with van der Waals surface area (Å²) in [5.41, 5.74) is 7.91. The minimum atomic E-state index is -3.48. The third-order valence-corrected chi connectivity index (χ3v) is 7.61. The highest BCUT2D eigenvalue weighted by Gasteiger charge is 2.32. The number of hydrogen-bond acceptors (Lipinski definition) is 4. The summed E-state index contributed by atoms with van der Waals surface area (Å²) in [6.45, 7) is 2.08. The Morgan fingerprint density at radius 2 is 1.81 bits per heavy atom. The first-order valence-electron chi connectivity index (χ1n) is 10.1. The summed E-state index contributed by atoms with van der Waals surface area (Å²) in [5.74, 6) is -0.0595. The van der Waals surface area contributed by atoms with Crippen molar-refractivity contribution in [3.8, 4) is 0 Å². The fourth-order valence-corrected chi connectivity index (χ4v) is 5.52. The highest BCUT2D eigenvalue weighted by molar-refractivity contribution is 7.89. The summed E-state index contributed by atoms with van der Waals surface area (Å²) in [4.78, 5) is 12.6. The van der Waals surface area contributed by atoms with Gasteiger partial charge in [-0.3, -0.25) is 4.79 Å². The third kappa shape index (κ3) is 4.89. The zero-order valence-corrected chi connectivity index (χ0v) is 16.8. The minimum absolute atomic E-state index is 0.0397. The van der Waals surface area contributed by atoms with Crippen LogP contribution in [0.15, 0.2) is 23.1 Å². The third-order valence-electron chi connectivity index (χ3n) is 5.71. The van der Waals surface area contributed by atoms with Crippen molar-refractivity contribution < 1.29 is 13.2 Å². The van der Waals surface area contributed by atoms with Crippen LogP contribution in [0.1, 0.15) is 49.7 Å². The molecule has 27 heavy (non-hydrogen) atoms. The van der Waals surface area contributed by atoms with E-state index in [2.05, 4.69) is 5.32 Å². The lowest BCUT2D eigenvalue weighted by atomic mass is 9.92. The number of nitrogens with zero attached hydrogens (tertiary/aromatic N) is 1. The number of rotatable bonds is 7. The quantitative estimate of drug-likeness (QED) is 0.691. The van der Waals surface area contributed by atoms with E-state index in [1.54, 1.807) is 6.07 Å². The Kier molecular flexibility index (Phi) is 6.89. The largest absolute Gasteiger partial charge is 0.356 e. The number of benzene rings is 1. The van der Waals surface area contributed by atoms with E-state index in [9.17, 15) is 13.2 Å². The van der Waals surface area contributed by atoms with Gasteiger partial charge in [-0.1, -0.05) is 6.07 Å². The van der Waals surface area contributed by atoms with Crippen molar-refractivity contribution in [3.05, 3.63) is 29.3 Å². The van der Waals surface area contributed by atoms with Crippen molar-refractivity contribution >= 4 is 15.9 Å². The summed E-state index contributed by atoms with van der Waals surface area (Å²) in [6.07, 6.45) is 7.25. The first-order chi connectivity index (χ1) is 13.0. The number of sulfonamides is 1. The molecule has 1 heterocycles. The summed E-state index contributed by atoms with van der Waals surface area (Å²) in [5, 5.41) is 2.94. The van der Waals surface area contributed by atoms with E-state index < -0.39 is 10.0 Å². The average molecular weight is 394 g/mol. The SMILES string of the molecule is NCCCCNC(=O)C1CCN(S(=O)(=O)c2ccc3c(c2)CCCC3)CC1. The number of fused-ring (bicyclic) bond motifs is 1. The van der Waals surface area contributed by atoms with Gasteiger partial charge in [-0.2, -0.15) is 4.31 Å². The van der Waals surface area contributed by atoms with Crippen LogP contribution in [0.2, 0.25) is 0 Å². The molecule has 1 fully saturated rings. The first-order valence-corrected chi connectivity index (χ1v) is 11.6. The molecule has 1 aliphatic carbocycles. The molecule has 0 radical (unpaired) electrons. The predicted molar refractivity (Wildman–Crippen MR) is 106 cm³/mol. The second kappa shape index (κ2) is 9.17. The van der Waals surface area contributed by atoms with Crippen molar-refractivity contribution in [2.75, 3.05) is 26.2 Å². The summed E-state index contributed by atoms with van der Waals surface area (Å²) in [7, 11) is -3.48. The molecule has 1 aromatic rings. The van der Waals surface area contributed by atoms with E-state index in [0.717, 1.165) is 32.1 Å². The van der Waals surface area contributed by atoms with Gasteiger partial charge in [0.1, 0.15) is 0 Å². The molecule has 0 saturated carbocycles. The topological polar surface area (TPSA) is 92.5 Å². The normalized spacial score (nSPS) is 18.9. The van der Waals surface area contributed by atoms with Gasteiger partial charge in [0.2, 0.25) is 15.9 Å². The van der Waals surface area contributed by atoms with Gasteiger partial charge in [0, 0.05) is 25.6 Å².